The topological polar surface area (TPSA) is 85.8 Å². The Morgan fingerprint density at radius 2 is 1.87 bits per heavy atom. The number of alkyl halides is 3. The summed E-state index contributed by atoms with van der Waals surface area (Å²) >= 11 is 0. The maximum atomic E-state index is 13.1. The fraction of sp³-hybridized carbons (Fsp3) is 0.200. The Labute approximate surface area is 168 Å². The normalized spacial score (nSPS) is 11.8. The molecule has 154 valence electrons. The lowest BCUT2D eigenvalue weighted by Crippen LogP contribution is -2.16. The zero-order valence-corrected chi connectivity index (χ0v) is 16.2. The lowest BCUT2D eigenvalue weighted by molar-refractivity contribution is -0.137. The Kier molecular flexibility index (Phi) is 4.56. The van der Waals surface area contributed by atoms with Crippen LogP contribution in [0.4, 0.5) is 19.0 Å². The van der Waals surface area contributed by atoms with Crippen LogP contribution in [0.3, 0.4) is 0 Å². The van der Waals surface area contributed by atoms with E-state index in [0.29, 0.717) is 28.0 Å². The van der Waals surface area contributed by atoms with Crippen LogP contribution < -0.4 is 5.32 Å². The molecule has 0 saturated heterocycles. The van der Waals surface area contributed by atoms with Crippen molar-refractivity contribution in [2.24, 2.45) is 0 Å². The number of anilines is 1. The molecule has 0 unspecified atom stereocenters. The van der Waals surface area contributed by atoms with Crippen molar-refractivity contribution in [3.8, 4) is 5.69 Å². The highest BCUT2D eigenvalue weighted by Gasteiger charge is 2.31. The summed E-state index contributed by atoms with van der Waals surface area (Å²) in [5.74, 6) is -0.251. The zero-order chi connectivity index (χ0) is 21.6. The smallest absolute Gasteiger partial charge is 0.336 e. The van der Waals surface area contributed by atoms with Crippen LogP contribution in [-0.2, 0) is 6.18 Å². The first kappa shape index (κ1) is 19.6. The van der Waals surface area contributed by atoms with Gasteiger partial charge in [0.1, 0.15) is 5.82 Å². The molecular weight excluding hydrogens is 399 g/mol. The molecule has 3 heterocycles. The third-order valence-electron chi connectivity index (χ3n) is 4.48. The van der Waals surface area contributed by atoms with Crippen LogP contribution in [0.2, 0.25) is 0 Å². The molecule has 0 aliphatic rings. The molecule has 0 spiro atoms. The van der Waals surface area contributed by atoms with Crippen LogP contribution in [0.5, 0.6) is 0 Å². The molecule has 0 atom stereocenters. The quantitative estimate of drug-likeness (QED) is 0.528. The summed E-state index contributed by atoms with van der Waals surface area (Å²) in [6.07, 6.45) is -4.49. The molecule has 4 rings (SSSR count). The van der Waals surface area contributed by atoms with Crippen molar-refractivity contribution < 1.29 is 22.5 Å². The van der Waals surface area contributed by atoms with E-state index >= 15 is 0 Å². The Balaban J connectivity index is 1.75. The number of fused-ring (bicyclic) bond motifs is 1. The van der Waals surface area contributed by atoms with E-state index in [1.165, 1.54) is 16.8 Å². The van der Waals surface area contributed by atoms with Crippen LogP contribution in [-0.4, -0.2) is 25.8 Å². The first-order valence-corrected chi connectivity index (χ1v) is 8.93. The van der Waals surface area contributed by atoms with Crippen LogP contribution >= 0.6 is 0 Å². The Morgan fingerprint density at radius 3 is 2.60 bits per heavy atom. The predicted molar refractivity (Wildman–Crippen MR) is 103 cm³/mol. The molecule has 0 aliphatic heterocycles. The number of carbonyl (C=O) groups is 1. The summed E-state index contributed by atoms with van der Waals surface area (Å²) in [6.45, 7) is 5.08. The van der Waals surface area contributed by atoms with Crippen molar-refractivity contribution in [3.05, 3.63) is 64.6 Å². The number of halogens is 3. The fourth-order valence-corrected chi connectivity index (χ4v) is 3.18. The number of hydrogen-bond donors (Lipinski definition) is 1. The van der Waals surface area contributed by atoms with Gasteiger partial charge in [0.15, 0.2) is 0 Å². The molecular formula is C20H16F3N5O2. The summed E-state index contributed by atoms with van der Waals surface area (Å²) in [5.41, 5.74) is 1.49. The molecule has 0 bridgehead atoms. The van der Waals surface area contributed by atoms with Gasteiger partial charge in [-0.25, -0.2) is 9.67 Å². The number of nitrogens with one attached hydrogen (secondary N) is 1. The van der Waals surface area contributed by atoms with Crippen LogP contribution in [0, 0.1) is 20.8 Å². The third-order valence-corrected chi connectivity index (χ3v) is 4.48. The van der Waals surface area contributed by atoms with Gasteiger partial charge in [0.2, 0.25) is 0 Å². The molecule has 0 fully saturated rings. The van der Waals surface area contributed by atoms with E-state index in [1.54, 1.807) is 32.9 Å². The minimum absolute atomic E-state index is 0.172. The molecule has 4 aromatic rings. The van der Waals surface area contributed by atoms with Gasteiger partial charge in [0.25, 0.3) is 11.6 Å². The maximum absolute atomic E-state index is 13.1. The summed E-state index contributed by atoms with van der Waals surface area (Å²) in [7, 11) is 0. The van der Waals surface area contributed by atoms with Gasteiger partial charge in [0, 0.05) is 11.8 Å². The number of amides is 1. The van der Waals surface area contributed by atoms with Gasteiger partial charge >= 0.3 is 6.18 Å². The Morgan fingerprint density at radius 1 is 1.10 bits per heavy atom. The van der Waals surface area contributed by atoms with E-state index in [0.717, 1.165) is 12.1 Å². The van der Waals surface area contributed by atoms with Crippen LogP contribution in [0.1, 0.15) is 33.0 Å². The number of hydrogen-bond acceptors (Lipinski definition) is 5. The molecule has 1 amide bonds. The number of carbonyl (C=O) groups excluding carboxylic acids is 1. The molecule has 0 aliphatic carbocycles. The molecule has 3 aromatic heterocycles. The molecule has 7 nitrogen and oxygen atoms in total. The van der Waals surface area contributed by atoms with Gasteiger partial charge in [-0.15, -0.1) is 0 Å². The van der Waals surface area contributed by atoms with E-state index in [2.05, 4.69) is 20.6 Å². The maximum Gasteiger partial charge on any atom is 0.416 e. The van der Waals surface area contributed by atoms with Crippen LogP contribution in [0.25, 0.3) is 16.8 Å². The Hall–Kier alpha value is -3.69. The summed E-state index contributed by atoms with van der Waals surface area (Å²) in [5, 5.41) is 11.3. The van der Waals surface area contributed by atoms with Gasteiger partial charge in [0.05, 0.1) is 33.6 Å². The fourth-order valence-electron chi connectivity index (χ4n) is 3.18. The highest BCUT2D eigenvalue weighted by Crippen LogP contribution is 2.31. The zero-order valence-electron chi connectivity index (χ0n) is 16.2. The SMILES string of the molecule is Cc1cc(C(=O)Nc2cc(C)nn2-c2cccc(C(F)(F)F)c2)c2c(C)noc2n1. The van der Waals surface area contributed by atoms with Crippen molar-refractivity contribution >= 4 is 22.8 Å². The summed E-state index contributed by atoms with van der Waals surface area (Å²) in [6, 6.07) is 7.89. The third kappa shape index (κ3) is 3.51. The van der Waals surface area contributed by atoms with E-state index in [9.17, 15) is 18.0 Å². The minimum atomic E-state index is -4.49. The predicted octanol–water partition coefficient (Wildman–Crippen LogP) is 4.60. The average molecular weight is 415 g/mol. The minimum Gasteiger partial charge on any atom is -0.336 e. The summed E-state index contributed by atoms with van der Waals surface area (Å²) < 4.78 is 45.7. The molecule has 0 saturated carbocycles. The van der Waals surface area contributed by atoms with Gasteiger partial charge in [-0.05, 0) is 45.0 Å². The second-order valence-corrected chi connectivity index (χ2v) is 6.84. The number of benzene rings is 1. The van der Waals surface area contributed by atoms with Crippen LogP contribution in [0.15, 0.2) is 40.9 Å². The molecule has 1 aromatic carbocycles. The summed E-state index contributed by atoms with van der Waals surface area (Å²) in [4.78, 5) is 17.2. The number of rotatable bonds is 3. The lowest BCUT2D eigenvalue weighted by atomic mass is 10.1. The molecule has 1 N–H and O–H groups in total. The second-order valence-electron chi connectivity index (χ2n) is 6.84. The van der Waals surface area contributed by atoms with Gasteiger partial charge < -0.3 is 9.84 Å². The van der Waals surface area contributed by atoms with Crippen molar-refractivity contribution in [3.63, 3.8) is 0 Å². The van der Waals surface area contributed by atoms with Gasteiger partial charge in [-0.3, -0.25) is 4.79 Å². The molecule has 0 radical (unpaired) electrons. The van der Waals surface area contributed by atoms with Crippen molar-refractivity contribution in [1.29, 1.82) is 0 Å². The van der Waals surface area contributed by atoms with Crippen molar-refractivity contribution in [2.75, 3.05) is 5.32 Å². The lowest BCUT2D eigenvalue weighted by Gasteiger charge is -2.12. The Bertz CT molecular complexity index is 1270. The van der Waals surface area contributed by atoms with Crippen molar-refractivity contribution in [2.45, 2.75) is 26.9 Å². The number of aromatic nitrogens is 4. The van der Waals surface area contributed by atoms with Crippen molar-refractivity contribution in [1.82, 2.24) is 19.9 Å². The molecule has 10 heteroatoms. The van der Waals surface area contributed by atoms with E-state index in [-0.39, 0.29) is 17.2 Å². The average Bonchev–Trinajstić information content (AvgIpc) is 3.23. The number of pyridine rings is 1. The highest BCUT2D eigenvalue weighted by molar-refractivity contribution is 6.12. The molecule has 30 heavy (non-hydrogen) atoms. The van der Waals surface area contributed by atoms with E-state index in [1.807, 2.05) is 0 Å². The number of aryl methyl sites for hydroxylation is 3. The first-order chi connectivity index (χ1) is 14.1. The first-order valence-electron chi connectivity index (χ1n) is 8.93. The number of nitrogens with zero attached hydrogens (tertiary/aromatic N) is 4. The highest BCUT2D eigenvalue weighted by atomic mass is 19.4. The van der Waals surface area contributed by atoms with E-state index < -0.39 is 17.6 Å². The van der Waals surface area contributed by atoms with Gasteiger partial charge in [-0.1, -0.05) is 11.2 Å². The largest absolute Gasteiger partial charge is 0.416 e. The second kappa shape index (κ2) is 6.97. The monoisotopic (exact) mass is 415 g/mol. The van der Waals surface area contributed by atoms with Gasteiger partial charge in [-0.2, -0.15) is 18.3 Å². The standard InChI is InChI=1S/C20H16F3N5O2/c1-10-7-15(17-12(3)27-30-19(17)24-10)18(29)25-16-8-11(2)26-28(16)14-6-4-5-13(9-14)20(21,22)23/h4-9H,1-3H3,(H,25,29). The van der Waals surface area contributed by atoms with E-state index in [4.69, 9.17) is 4.52 Å².